The molecule has 0 aliphatic rings. The third-order valence-electron chi connectivity index (χ3n) is 2.59. The number of nitrogens with zero attached hydrogens (tertiary/aromatic N) is 4. The Balaban J connectivity index is 2.66. The summed E-state index contributed by atoms with van der Waals surface area (Å²) in [5, 5.41) is 20.8. The molecule has 0 unspecified atom stereocenters. The van der Waals surface area contributed by atoms with Crippen LogP contribution in [0.15, 0.2) is 18.2 Å². The molecule has 0 aliphatic carbocycles. The molecule has 2 aromatic rings. The molecule has 1 aromatic carbocycles. The van der Waals surface area contributed by atoms with Crippen LogP contribution in [0.2, 0.25) is 0 Å². The Morgan fingerprint density at radius 2 is 2.15 bits per heavy atom. The van der Waals surface area contributed by atoms with Gasteiger partial charge in [0.25, 0.3) is 5.91 Å². The smallest absolute Gasteiger partial charge is 0.305 e. The topological polar surface area (TPSA) is 103 Å². The van der Waals surface area contributed by atoms with Crippen molar-refractivity contribution in [3.8, 4) is 11.3 Å². The lowest BCUT2D eigenvalue weighted by Crippen LogP contribution is -2.19. The summed E-state index contributed by atoms with van der Waals surface area (Å²) in [6.45, 7) is 0. The zero-order valence-electron chi connectivity index (χ0n) is 10.6. The van der Waals surface area contributed by atoms with Crippen molar-refractivity contribution in [3.05, 3.63) is 39.8 Å². The van der Waals surface area contributed by atoms with Gasteiger partial charge in [-0.25, -0.2) is 0 Å². The van der Waals surface area contributed by atoms with Gasteiger partial charge in [0.05, 0.1) is 4.92 Å². The van der Waals surface area contributed by atoms with Gasteiger partial charge in [-0.1, -0.05) is 6.07 Å². The van der Waals surface area contributed by atoms with Gasteiger partial charge in [-0.2, -0.15) is 14.3 Å². The summed E-state index contributed by atoms with van der Waals surface area (Å²) < 4.78 is 14.1. The van der Waals surface area contributed by atoms with E-state index >= 15 is 0 Å². The molecule has 1 N–H and O–H groups in total. The first-order valence-corrected chi connectivity index (χ1v) is 5.52. The van der Waals surface area contributed by atoms with Gasteiger partial charge in [-0.15, -0.1) is 5.10 Å². The third-order valence-corrected chi connectivity index (χ3v) is 2.59. The second-order valence-corrected chi connectivity index (χ2v) is 3.86. The summed E-state index contributed by atoms with van der Waals surface area (Å²) in [6.07, 6.45) is 0. The Labute approximate surface area is 112 Å². The van der Waals surface area contributed by atoms with E-state index in [4.69, 9.17) is 0 Å². The van der Waals surface area contributed by atoms with Gasteiger partial charge in [-0.05, 0) is 6.07 Å². The normalized spacial score (nSPS) is 10.3. The van der Waals surface area contributed by atoms with Gasteiger partial charge in [0.1, 0.15) is 5.69 Å². The summed E-state index contributed by atoms with van der Waals surface area (Å²) in [6, 6.07) is 3.66. The number of nitrogens with one attached hydrogen (secondary N) is 1. The van der Waals surface area contributed by atoms with Gasteiger partial charge in [0.15, 0.2) is 5.69 Å². The molecule has 1 aromatic heterocycles. The van der Waals surface area contributed by atoms with E-state index in [-0.39, 0.29) is 17.0 Å². The van der Waals surface area contributed by atoms with E-state index in [1.165, 1.54) is 26.2 Å². The van der Waals surface area contributed by atoms with Crippen LogP contribution in [0.3, 0.4) is 0 Å². The van der Waals surface area contributed by atoms with E-state index in [1.54, 1.807) is 0 Å². The maximum Gasteiger partial charge on any atom is 0.305 e. The molecule has 0 atom stereocenters. The lowest BCUT2D eigenvalue weighted by Gasteiger charge is -2.02. The van der Waals surface area contributed by atoms with E-state index in [9.17, 15) is 19.3 Å². The van der Waals surface area contributed by atoms with Crippen molar-refractivity contribution >= 4 is 11.6 Å². The van der Waals surface area contributed by atoms with Crippen LogP contribution in [-0.2, 0) is 7.05 Å². The highest BCUT2D eigenvalue weighted by Gasteiger charge is 2.25. The zero-order chi connectivity index (χ0) is 14.9. The van der Waals surface area contributed by atoms with Crippen LogP contribution in [0, 0.1) is 15.9 Å². The first-order chi connectivity index (χ1) is 9.45. The van der Waals surface area contributed by atoms with Crippen molar-refractivity contribution in [2.45, 2.75) is 0 Å². The Hall–Kier alpha value is -2.84. The van der Waals surface area contributed by atoms with Crippen LogP contribution in [0.4, 0.5) is 10.1 Å². The van der Waals surface area contributed by atoms with Crippen LogP contribution in [0.1, 0.15) is 10.5 Å². The number of benzene rings is 1. The first kappa shape index (κ1) is 13.6. The number of carbonyl (C=O) groups excluding carboxylic acids is 1. The molecular weight excluding hydrogens is 269 g/mol. The summed E-state index contributed by atoms with van der Waals surface area (Å²) in [5.74, 6) is -1.61. The second-order valence-electron chi connectivity index (χ2n) is 3.86. The minimum absolute atomic E-state index is 0.0481. The van der Waals surface area contributed by atoms with Crippen LogP contribution in [0.25, 0.3) is 11.3 Å². The monoisotopic (exact) mass is 279 g/mol. The summed E-state index contributed by atoms with van der Waals surface area (Å²) in [4.78, 5) is 22.7. The molecule has 0 spiro atoms. The number of nitro groups is 1. The van der Waals surface area contributed by atoms with Gasteiger partial charge in [0.2, 0.25) is 5.82 Å². The molecule has 1 heterocycles. The van der Waals surface area contributed by atoms with Crippen molar-refractivity contribution in [3.63, 3.8) is 0 Å². The van der Waals surface area contributed by atoms with Gasteiger partial charge in [0, 0.05) is 25.7 Å². The molecule has 1 amide bonds. The van der Waals surface area contributed by atoms with E-state index in [2.05, 4.69) is 15.5 Å². The first-order valence-electron chi connectivity index (χ1n) is 5.52. The molecular formula is C11H10FN5O3. The molecule has 2 rings (SSSR count). The fourth-order valence-electron chi connectivity index (χ4n) is 1.70. The van der Waals surface area contributed by atoms with Crippen molar-refractivity contribution in [2.24, 2.45) is 7.05 Å². The maximum absolute atomic E-state index is 14.1. The standard InChI is InChI=1S/C11H10FN5O3/c1-13-11(18)10-9(14-16(2)15-10)6-4-3-5-7(8(6)12)17(19)20/h3-5H,1-2H3,(H,13,18). The Morgan fingerprint density at radius 3 is 2.75 bits per heavy atom. The number of carbonyl (C=O) groups is 1. The van der Waals surface area contributed by atoms with Crippen LogP contribution in [-0.4, -0.2) is 32.9 Å². The fraction of sp³-hybridized carbons (Fsp3) is 0.182. The molecule has 9 heteroatoms. The number of rotatable bonds is 3. The molecule has 0 bridgehead atoms. The molecule has 0 saturated heterocycles. The minimum Gasteiger partial charge on any atom is -0.354 e. The highest BCUT2D eigenvalue weighted by molar-refractivity contribution is 5.97. The predicted molar refractivity (Wildman–Crippen MR) is 66.4 cm³/mol. The molecule has 20 heavy (non-hydrogen) atoms. The van der Waals surface area contributed by atoms with Gasteiger partial charge in [-0.3, -0.25) is 14.9 Å². The number of aryl methyl sites for hydroxylation is 1. The fourth-order valence-corrected chi connectivity index (χ4v) is 1.70. The highest BCUT2D eigenvalue weighted by Crippen LogP contribution is 2.29. The molecule has 0 radical (unpaired) electrons. The number of nitro benzene ring substituents is 1. The zero-order valence-corrected chi connectivity index (χ0v) is 10.6. The Kier molecular flexibility index (Phi) is 3.42. The maximum atomic E-state index is 14.1. The number of hydrogen-bond acceptors (Lipinski definition) is 5. The van der Waals surface area contributed by atoms with E-state index in [0.717, 1.165) is 10.9 Å². The highest BCUT2D eigenvalue weighted by atomic mass is 19.1. The van der Waals surface area contributed by atoms with Crippen molar-refractivity contribution < 1.29 is 14.1 Å². The SMILES string of the molecule is CNC(=O)c1nn(C)nc1-c1cccc([N+](=O)[O-])c1F. The van der Waals surface area contributed by atoms with Gasteiger partial charge < -0.3 is 5.32 Å². The molecule has 0 aliphatic heterocycles. The average Bonchev–Trinajstić information content (AvgIpc) is 2.79. The van der Waals surface area contributed by atoms with E-state index in [1.807, 2.05) is 0 Å². The molecule has 104 valence electrons. The van der Waals surface area contributed by atoms with Crippen molar-refractivity contribution in [1.82, 2.24) is 20.3 Å². The largest absolute Gasteiger partial charge is 0.354 e. The third kappa shape index (κ3) is 2.20. The molecule has 8 nitrogen and oxygen atoms in total. The minimum atomic E-state index is -1.05. The summed E-state index contributed by atoms with van der Waals surface area (Å²) >= 11 is 0. The molecule has 0 saturated carbocycles. The summed E-state index contributed by atoms with van der Waals surface area (Å²) in [5.41, 5.74) is -0.982. The van der Waals surface area contributed by atoms with Crippen LogP contribution in [0.5, 0.6) is 0 Å². The predicted octanol–water partition coefficient (Wildman–Crippen LogP) is 0.889. The lowest BCUT2D eigenvalue weighted by molar-refractivity contribution is -0.387. The lowest BCUT2D eigenvalue weighted by atomic mass is 10.1. The average molecular weight is 279 g/mol. The number of halogens is 1. The van der Waals surface area contributed by atoms with Gasteiger partial charge >= 0.3 is 5.69 Å². The summed E-state index contributed by atoms with van der Waals surface area (Å²) in [7, 11) is 2.86. The van der Waals surface area contributed by atoms with Crippen molar-refractivity contribution in [2.75, 3.05) is 7.05 Å². The Bertz CT molecular complexity index is 697. The number of hydrogen-bond donors (Lipinski definition) is 1. The number of aromatic nitrogens is 3. The number of amides is 1. The Morgan fingerprint density at radius 1 is 1.45 bits per heavy atom. The van der Waals surface area contributed by atoms with E-state index in [0.29, 0.717) is 0 Å². The van der Waals surface area contributed by atoms with Crippen molar-refractivity contribution in [1.29, 1.82) is 0 Å². The molecule has 0 fully saturated rings. The second kappa shape index (κ2) is 5.03. The quantitative estimate of drug-likeness (QED) is 0.663. The van der Waals surface area contributed by atoms with E-state index < -0.39 is 22.3 Å². The van der Waals surface area contributed by atoms with Crippen LogP contribution >= 0.6 is 0 Å². The van der Waals surface area contributed by atoms with Crippen LogP contribution < -0.4 is 5.32 Å².